The molecule has 7 nitrogen and oxygen atoms in total. The van der Waals surface area contributed by atoms with Gasteiger partial charge in [-0.25, -0.2) is 4.79 Å². The number of hydrogen-bond donors (Lipinski definition) is 2. The number of urea groups is 1. The average molecular weight is 386 g/mol. The Hall–Kier alpha value is -2.41. The molecule has 0 radical (unpaired) electrons. The van der Waals surface area contributed by atoms with Crippen molar-refractivity contribution in [2.45, 2.75) is 50.1 Å². The van der Waals surface area contributed by atoms with Crippen molar-refractivity contribution in [2.24, 2.45) is 0 Å². The smallest absolute Gasteiger partial charge is 0.325 e. The lowest BCUT2D eigenvalue weighted by molar-refractivity contribution is -0.131. The summed E-state index contributed by atoms with van der Waals surface area (Å²) >= 11 is 0. The van der Waals surface area contributed by atoms with Crippen molar-refractivity contribution in [1.82, 2.24) is 20.4 Å². The zero-order valence-electron chi connectivity index (χ0n) is 16.7. The Labute approximate surface area is 166 Å². The lowest BCUT2D eigenvalue weighted by atomic mass is 9.98. The van der Waals surface area contributed by atoms with Gasteiger partial charge in [0.05, 0.1) is 6.04 Å². The van der Waals surface area contributed by atoms with E-state index in [1.165, 1.54) is 4.90 Å². The number of rotatable bonds is 8. The number of carbonyl (C=O) groups excluding carboxylic acids is 3. The summed E-state index contributed by atoms with van der Waals surface area (Å²) in [6.07, 6.45) is 4.12. The van der Waals surface area contributed by atoms with Gasteiger partial charge < -0.3 is 15.5 Å². The Morgan fingerprint density at radius 2 is 1.89 bits per heavy atom. The first-order valence-corrected chi connectivity index (χ1v) is 10.0. The van der Waals surface area contributed by atoms with Gasteiger partial charge in [-0.1, -0.05) is 43.2 Å². The maximum atomic E-state index is 12.6. The van der Waals surface area contributed by atoms with E-state index < -0.39 is 5.54 Å². The minimum absolute atomic E-state index is 0.0710. The SMILES string of the molecule is CN(C)C[C@H](NC(=O)CCCN1C(=O)NC2(CCCC2)C1=O)c1ccccc1. The van der Waals surface area contributed by atoms with E-state index in [-0.39, 0.29) is 36.9 Å². The van der Waals surface area contributed by atoms with Crippen LogP contribution in [0.15, 0.2) is 30.3 Å². The number of nitrogens with zero attached hydrogens (tertiary/aromatic N) is 2. The minimum atomic E-state index is -0.677. The Balaban J connectivity index is 1.51. The molecule has 1 atom stereocenters. The van der Waals surface area contributed by atoms with Gasteiger partial charge in [0.15, 0.2) is 0 Å². The number of amides is 4. The number of hydrogen-bond acceptors (Lipinski definition) is 4. The summed E-state index contributed by atoms with van der Waals surface area (Å²) in [5.41, 5.74) is 0.380. The second-order valence-corrected chi connectivity index (χ2v) is 8.07. The van der Waals surface area contributed by atoms with Crippen molar-refractivity contribution in [1.29, 1.82) is 0 Å². The quantitative estimate of drug-likeness (QED) is 0.670. The van der Waals surface area contributed by atoms with Crippen LogP contribution in [0.1, 0.15) is 50.1 Å². The van der Waals surface area contributed by atoms with Gasteiger partial charge in [0.2, 0.25) is 5.91 Å². The second-order valence-electron chi connectivity index (χ2n) is 8.07. The van der Waals surface area contributed by atoms with Crippen LogP contribution in [0, 0.1) is 0 Å². The van der Waals surface area contributed by atoms with Crippen molar-refractivity contribution in [3.63, 3.8) is 0 Å². The molecule has 0 bridgehead atoms. The summed E-state index contributed by atoms with van der Waals surface area (Å²) < 4.78 is 0. The van der Waals surface area contributed by atoms with Gasteiger partial charge in [0.1, 0.15) is 5.54 Å². The molecule has 4 amide bonds. The van der Waals surface area contributed by atoms with Crippen LogP contribution >= 0.6 is 0 Å². The molecule has 28 heavy (non-hydrogen) atoms. The molecule has 1 spiro atoms. The fourth-order valence-corrected chi connectivity index (χ4v) is 4.15. The van der Waals surface area contributed by atoms with Crippen LogP contribution in [0.25, 0.3) is 0 Å². The summed E-state index contributed by atoms with van der Waals surface area (Å²) in [6, 6.07) is 9.46. The summed E-state index contributed by atoms with van der Waals surface area (Å²) in [5.74, 6) is -0.191. The van der Waals surface area contributed by atoms with Gasteiger partial charge in [-0.3, -0.25) is 14.5 Å². The number of imide groups is 1. The van der Waals surface area contributed by atoms with E-state index >= 15 is 0 Å². The number of nitrogens with one attached hydrogen (secondary N) is 2. The third-order valence-corrected chi connectivity index (χ3v) is 5.57. The molecule has 0 aromatic heterocycles. The van der Waals surface area contributed by atoms with Crippen LogP contribution in [-0.2, 0) is 9.59 Å². The normalized spacial score (nSPS) is 19.3. The standard InChI is InChI=1S/C21H30N4O3/c1-24(2)15-17(16-9-4-3-5-10-16)22-18(26)11-8-14-25-19(27)21(23-20(25)28)12-6-7-13-21/h3-5,9-10,17H,6-8,11-15H2,1-2H3,(H,22,26)(H,23,28)/t17-/m0/s1. The molecule has 1 saturated heterocycles. The molecule has 1 aliphatic heterocycles. The highest BCUT2D eigenvalue weighted by Crippen LogP contribution is 2.35. The first kappa shape index (κ1) is 20.3. The predicted octanol–water partition coefficient (Wildman–Crippen LogP) is 2.05. The number of carbonyl (C=O) groups is 3. The van der Waals surface area contributed by atoms with Crippen molar-refractivity contribution in [3.8, 4) is 0 Å². The predicted molar refractivity (Wildman–Crippen MR) is 107 cm³/mol. The van der Waals surface area contributed by atoms with E-state index in [4.69, 9.17) is 0 Å². The van der Waals surface area contributed by atoms with E-state index in [1.54, 1.807) is 0 Å². The molecule has 1 aromatic carbocycles. The maximum Gasteiger partial charge on any atom is 0.325 e. The van der Waals surface area contributed by atoms with Gasteiger partial charge in [-0.2, -0.15) is 0 Å². The molecule has 1 saturated carbocycles. The lowest BCUT2D eigenvalue weighted by Crippen LogP contribution is -2.44. The molecular formula is C21H30N4O3. The summed E-state index contributed by atoms with van der Waals surface area (Å²) in [4.78, 5) is 40.6. The lowest BCUT2D eigenvalue weighted by Gasteiger charge is -2.23. The fraction of sp³-hybridized carbons (Fsp3) is 0.571. The van der Waals surface area contributed by atoms with Crippen LogP contribution in [-0.4, -0.2) is 60.4 Å². The average Bonchev–Trinajstić information content (AvgIpc) is 3.22. The van der Waals surface area contributed by atoms with E-state index in [2.05, 4.69) is 10.6 Å². The van der Waals surface area contributed by atoms with Crippen molar-refractivity contribution in [3.05, 3.63) is 35.9 Å². The van der Waals surface area contributed by atoms with E-state index in [0.717, 1.165) is 31.2 Å². The van der Waals surface area contributed by atoms with Gasteiger partial charge in [0.25, 0.3) is 5.91 Å². The molecule has 2 N–H and O–H groups in total. The van der Waals surface area contributed by atoms with E-state index in [0.29, 0.717) is 13.0 Å². The number of benzene rings is 1. The molecule has 152 valence electrons. The maximum absolute atomic E-state index is 12.6. The Morgan fingerprint density at radius 1 is 1.21 bits per heavy atom. The largest absolute Gasteiger partial charge is 0.348 e. The van der Waals surface area contributed by atoms with Gasteiger partial charge in [0, 0.05) is 19.5 Å². The number of likely N-dealkylation sites (N-methyl/N-ethyl adjacent to an activating group) is 1. The first-order valence-electron chi connectivity index (χ1n) is 10.0. The highest BCUT2D eigenvalue weighted by Gasteiger charge is 2.52. The summed E-state index contributed by atoms with van der Waals surface area (Å²) in [6.45, 7) is 0.981. The summed E-state index contributed by atoms with van der Waals surface area (Å²) in [5, 5.41) is 5.95. The molecule has 1 heterocycles. The molecule has 7 heteroatoms. The second kappa shape index (κ2) is 8.73. The van der Waals surface area contributed by atoms with Crippen molar-refractivity contribution >= 4 is 17.8 Å². The third kappa shape index (κ3) is 4.52. The Kier molecular flexibility index (Phi) is 6.34. The topological polar surface area (TPSA) is 81.8 Å². The van der Waals surface area contributed by atoms with E-state index in [1.807, 2.05) is 49.3 Å². The van der Waals surface area contributed by atoms with Gasteiger partial charge >= 0.3 is 6.03 Å². The highest BCUT2D eigenvalue weighted by atomic mass is 16.2. The molecular weight excluding hydrogens is 356 g/mol. The Bertz CT molecular complexity index is 714. The van der Waals surface area contributed by atoms with Crippen LogP contribution in [0.2, 0.25) is 0 Å². The first-order chi connectivity index (χ1) is 13.4. The Morgan fingerprint density at radius 3 is 2.54 bits per heavy atom. The van der Waals surface area contributed by atoms with Crippen molar-refractivity contribution in [2.75, 3.05) is 27.2 Å². The molecule has 1 aliphatic carbocycles. The van der Waals surface area contributed by atoms with Gasteiger partial charge in [-0.15, -0.1) is 0 Å². The third-order valence-electron chi connectivity index (χ3n) is 5.57. The van der Waals surface area contributed by atoms with Crippen LogP contribution in [0.4, 0.5) is 4.79 Å². The van der Waals surface area contributed by atoms with E-state index in [9.17, 15) is 14.4 Å². The molecule has 1 aromatic rings. The molecule has 0 unspecified atom stereocenters. The molecule has 2 aliphatic rings. The zero-order valence-corrected chi connectivity index (χ0v) is 16.7. The van der Waals surface area contributed by atoms with Crippen LogP contribution in [0.3, 0.4) is 0 Å². The van der Waals surface area contributed by atoms with Crippen LogP contribution in [0.5, 0.6) is 0 Å². The van der Waals surface area contributed by atoms with Crippen LogP contribution < -0.4 is 10.6 Å². The monoisotopic (exact) mass is 386 g/mol. The van der Waals surface area contributed by atoms with Gasteiger partial charge in [-0.05, 0) is 38.9 Å². The van der Waals surface area contributed by atoms with Crippen molar-refractivity contribution < 1.29 is 14.4 Å². The molecule has 2 fully saturated rings. The molecule has 3 rings (SSSR count). The fourth-order valence-electron chi connectivity index (χ4n) is 4.15. The zero-order chi connectivity index (χ0) is 20.1. The highest BCUT2D eigenvalue weighted by molar-refractivity contribution is 6.07. The minimum Gasteiger partial charge on any atom is -0.348 e. The summed E-state index contributed by atoms with van der Waals surface area (Å²) in [7, 11) is 3.94.